The van der Waals surface area contributed by atoms with Gasteiger partial charge in [0.05, 0.1) is 0 Å². The number of rotatable bonds is 3. The Hall–Kier alpha value is -1.51. The summed E-state index contributed by atoms with van der Waals surface area (Å²) in [6.45, 7) is 3.90. The summed E-state index contributed by atoms with van der Waals surface area (Å²) in [5, 5.41) is 12.3. The van der Waals surface area contributed by atoms with Crippen molar-refractivity contribution in [1.82, 2.24) is 5.32 Å². The van der Waals surface area contributed by atoms with Gasteiger partial charge in [-0.05, 0) is 56.4 Å². The maximum atomic E-state index is 12.0. The lowest BCUT2D eigenvalue weighted by Gasteiger charge is -2.32. The van der Waals surface area contributed by atoms with Gasteiger partial charge in [0, 0.05) is 11.6 Å². The van der Waals surface area contributed by atoms with Crippen LogP contribution in [0.2, 0.25) is 0 Å². The number of hydrogen-bond donors (Lipinski definition) is 2. The van der Waals surface area contributed by atoms with E-state index in [1.165, 1.54) is 19.3 Å². The molecule has 3 nitrogen and oxygen atoms in total. The molecule has 1 unspecified atom stereocenters. The molecule has 0 bridgehead atoms. The van der Waals surface area contributed by atoms with Gasteiger partial charge in [-0.1, -0.05) is 6.42 Å². The lowest BCUT2D eigenvalue weighted by molar-refractivity contribution is 0.0908. The number of phenols is 1. The summed E-state index contributed by atoms with van der Waals surface area (Å²) in [5.41, 5.74) is 1.46. The normalized spacial score (nSPS) is 17.3. The molecule has 1 aromatic carbocycles. The summed E-state index contributed by atoms with van der Waals surface area (Å²) in [7, 11) is 0. The number of carbonyl (C=O) groups is 1. The fraction of sp³-hybridized carbons (Fsp3) is 0.500. The van der Waals surface area contributed by atoms with Crippen LogP contribution in [0.25, 0.3) is 0 Å². The molecule has 0 aliphatic heterocycles. The summed E-state index contributed by atoms with van der Waals surface area (Å²) < 4.78 is 0. The number of aromatic hydroxyl groups is 1. The number of carbonyl (C=O) groups excluding carboxylic acids is 1. The van der Waals surface area contributed by atoms with Crippen molar-refractivity contribution in [3.05, 3.63) is 29.3 Å². The molecule has 1 aliphatic rings. The third kappa shape index (κ3) is 2.60. The Kier molecular flexibility index (Phi) is 3.36. The average molecular weight is 233 g/mol. The highest BCUT2D eigenvalue weighted by atomic mass is 16.3. The first-order valence-corrected chi connectivity index (χ1v) is 6.18. The van der Waals surface area contributed by atoms with Crippen LogP contribution in [0, 0.1) is 12.8 Å². The van der Waals surface area contributed by atoms with Gasteiger partial charge in [-0.25, -0.2) is 0 Å². The first kappa shape index (κ1) is 12.0. The number of aryl methyl sites for hydroxylation is 1. The van der Waals surface area contributed by atoms with Crippen molar-refractivity contribution in [2.45, 2.75) is 39.2 Å². The van der Waals surface area contributed by atoms with Crippen LogP contribution in [0.3, 0.4) is 0 Å². The van der Waals surface area contributed by atoms with E-state index in [1.54, 1.807) is 18.2 Å². The van der Waals surface area contributed by atoms with Gasteiger partial charge < -0.3 is 10.4 Å². The molecule has 1 amide bonds. The molecule has 1 atom stereocenters. The first-order chi connectivity index (χ1) is 8.08. The molecule has 2 N–H and O–H groups in total. The van der Waals surface area contributed by atoms with Gasteiger partial charge in [0.25, 0.3) is 5.91 Å². The Balaban J connectivity index is 2.03. The van der Waals surface area contributed by atoms with Gasteiger partial charge in [0.1, 0.15) is 5.75 Å². The number of amides is 1. The highest BCUT2D eigenvalue weighted by Crippen LogP contribution is 2.29. The van der Waals surface area contributed by atoms with Crippen molar-refractivity contribution in [3.8, 4) is 5.75 Å². The molecule has 17 heavy (non-hydrogen) atoms. The minimum atomic E-state index is -0.0399. The smallest absolute Gasteiger partial charge is 0.251 e. The van der Waals surface area contributed by atoms with Crippen molar-refractivity contribution in [3.63, 3.8) is 0 Å². The second-order valence-electron chi connectivity index (χ2n) is 4.95. The second-order valence-corrected chi connectivity index (χ2v) is 4.95. The summed E-state index contributed by atoms with van der Waals surface area (Å²) in [6.07, 6.45) is 3.72. The van der Waals surface area contributed by atoms with Crippen LogP contribution in [0.1, 0.15) is 42.1 Å². The third-order valence-corrected chi connectivity index (χ3v) is 3.67. The Bertz CT molecular complexity index is 424. The Morgan fingerprint density at radius 1 is 1.47 bits per heavy atom. The van der Waals surface area contributed by atoms with Crippen molar-refractivity contribution in [2.24, 2.45) is 5.92 Å². The van der Waals surface area contributed by atoms with Gasteiger partial charge >= 0.3 is 0 Å². The minimum absolute atomic E-state index is 0.0399. The van der Waals surface area contributed by atoms with E-state index >= 15 is 0 Å². The summed E-state index contributed by atoms with van der Waals surface area (Å²) in [4.78, 5) is 12.0. The molecule has 3 heteroatoms. The molecule has 1 aromatic rings. The van der Waals surface area contributed by atoms with Gasteiger partial charge in [-0.2, -0.15) is 0 Å². The number of phenolic OH excluding ortho intramolecular Hbond substituents is 1. The molecule has 92 valence electrons. The Labute approximate surface area is 102 Å². The molecular weight excluding hydrogens is 214 g/mol. The van der Waals surface area contributed by atoms with Crippen LogP contribution in [0.5, 0.6) is 5.75 Å². The van der Waals surface area contributed by atoms with E-state index in [9.17, 15) is 9.90 Å². The highest BCUT2D eigenvalue weighted by molar-refractivity contribution is 5.95. The molecule has 0 saturated heterocycles. The quantitative estimate of drug-likeness (QED) is 0.843. The minimum Gasteiger partial charge on any atom is -0.508 e. The molecule has 0 heterocycles. The maximum Gasteiger partial charge on any atom is 0.251 e. The van der Waals surface area contributed by atoms with E-state index in [4.69, 9.17) is 0 Å². The maximum absolute atomic E-state index is 12.0. The predicted octanol–water partition coefficient (Wildman–Crippen LogP) is 2.62. The van der Waals surface area contributed by atoms with Crippen molar-refractivity contribution in [1.29, 1.82) is 0 Å². The Morgan fingerprint density at radius 3 is 2.71 bits per heavy atom. The van der Waals surface area contributed by atoms with Crippen LogP contribution in [0.15, 0.2) is 18.2 Å². The number of benzene rings is 1. The van der Waals surface area contributed by atoms with Gasteiger partial charge in [0.15, 0.2) is 0 Å². The molecular formula is C14H19NO2. The van der Waals surface area contributed by atoms with Gasteiger partial charge in [-0.3, -0.25) is 4.79 Å². The van der Waals surface area contributed by atoms with Crippen LogP contribution < -0.4 is 5.32 Å². The molecule has 2 rings (SSSR count). The molecule has 0 spiro atoms. The molecule has 0 radical (unpaired) electrons. The second kappa shape index (κ2) is 4.78. The van der Waals surface area contributed by atoms with E-state index in [-0.39, 0.29) is 17.7 Å². The summed E-state index contributed by atoms with van der Waals surface area (Å²) >= 11 is 0. The summed E-state index contributed by atoms with van der Waals surface area (Å²) in [5.74, 6) is 0.796. The monoisotopic (exact) mass is 233 g/mol. The van der Waals surface area contributed by atoms with Crippen LogP contribution in [-0.2, 0) is 0 Å². The lowest BCUT2D eigenvalue weighted by Crippen LogP contribution is -2.40. The van der Waals surface area contributed by atoms with E-state index < -0.39 is 0 Å². The molecule has 0 aromatic heterocycles. The zero-order valence-corrected chi connectivity index (χ0v) is 10.4. The molecule has 1 saturated carbocycles. The zero-order chi connectivity index (χ0) is 12.4. The lowest BCUT2D eigenvalue weighted by atomic mass is 9.80. The zero-order valence-electron chi connectivity index (χ0n) is 10.4. The van der Waals surface area contributed by atoms with E-state index in [2.05, 4.69) is 12.2 Å². The Morgan fingerprint density at radius 2 is 2.18 bits per heavy atom. The van der Waals surface area contributed by atoms with E-state index in [0.717, 1.165) is 5.56 Å². The average Bonchev–Trinajstić information content (AvgIpc) is 2.13. The first-order valence-electron chi connectivity index (χ1n) is 6.18. The molecule has 1 fully saturated rings. The van der Waals surface area contributed by atoms with Crippen molar-refractivity contribution < 1.29 is 9.90 Å². The fourth-order valence-corrected chi connectivity index (χ4v) is 2.24. The van der Waals surface area contributed by atoms with Crippen LogP contribution >= 0.6 is 0 Å². The van der Waals surface area contributed by atoms with E-state index in [0.29, 0.717) is 11.5 Å². The van der Waals surface area contributed by atoms with Crippen LogP contribution in [-0.4, -0.2) is 17.1 Å². The van der Waals surface area contributed by atoms with Crippen molar-refractivity contribution >= 4 is 5.91 Å². The largest absolute Gasteiger partial charge is 0.508 e. The number of nitrogens with one attached hydrogen (secondary N) is 1. The fourth-order valence-electron chi connectivity index (χ4n) is 2.24. The van der Waals surface area contributed by atoms with Gasteiger partial charge in [0.2, 0.25) is 0 Å². The topological polar surface area (TPSA) is 49.3 Å². The summed E-state index contributed by atoms with van der Waals surface area (Å²) in [6, 6.07) is 5.08. The van der Waals surface area contributed by atoms with Crippen molar-refractivity contribution in [2.75, 3.05) is 0 Å². The molecule has 1 aliphatic carbocycles. The van der Waals surface area contributed by atoms with Crippen LogP contribution in [0.4, 0.5) is 0 Å². The number of hydrogen-bond acceptors (Lipinski definition) is 2. The van der Waals surface area contributed by atoms with Gasteiger partial charge in [-0.15, -0.1) is 0 Å². The third-order valence-electron chi connectivity index (χ3n) is 3.67. The SMILES string of the molecule is Cc1cc(O)ccc1C(=O)NC(C)C1CCC1. The standard InChI is InChI=1S/C14H19NO2/c1-9-8-12(16)6-7-13(9)14(17)15-10(2)11-4-3-5-11/h6-8,10-11,16H,3-5H2,1-2H3,(H,15,17). The van der Waals surface area contributed by atoms with E-state index in [1.807, 2.05) is 6.92 Å². The highest BCUT2D eigenvalue weighted by Gasteiger charge is 2.25. The predicted molar refractivity (Wildman–Crippen MR) is 67.1 cm³/mol.